The first-order valence-corrected chi connectivity index (χ1v) is 8.47. The van der Waals surface area contributed by atoms with Gasteiger partial charge in [-0.2, -0.15) is 0 Å². The average molecular weight is 340 g/mol. The number of carbonyl (C=O) groups is 2. The highest BCUT2D eigenvalue weighted by molar-refractivity contribution is 5.96. The number of carbonyl (C=O) groups excluding carboxylic acids is 2. The van der Waals surface area contributed by atoms with E-state index >= 15 is 0 Å². The molecule has 2 amide bonds. The summed E-state index contributed by atoms with van der Waals surface area (Å²) in [5, 5.41) is 2.95. The van der Waals surface area contributed by atoms with Gasteiger partial charge >= 0.3 is 0 Å². The summed E-state index contributed by atoms with van der Waals surface area (Å²) in [6.07, 6.45) is 1.05. The van der Waals surface area contributed by atoms with E-state index < -0.39 is 0 Å². The molecule has 1 N–H and O–H groups in total. The SMILES string of the molecule is CCc1ccccc1C(=O)NC1CC(=O)N(Cc2cccc(F)c2)C1. The number of amides is 2. The number of halogens is 1. The molecule has 1 saturated heterocycles. The van der Waals surface area contributed by atoms with Gasteiger partial charge in [-0.25, -0.2) is 4.39 Å². The molecule has 2 aromatic carbocycles. The lowest BCUT2D eigenvalue weighted by Gasteiger charge is -2.18. The third-order valence-corrected chi connectivity index (χ3v) is 4.46. The van der Waals surface area contributed by atoms with Gasteiger partial charge in [0.1, 0.15) is 5.82 Å². The molecule has 0 aliphatic carbocycles. The number of hydrogen-bond donors (Lipinski definition) is 1. The van der Waals surface area contributed by atoms with E-state index in [4.69, 9.17) is 0 Å². The molecule has 5 heteroatoms. The van der Waals surface area contributed by atoms with E-state index in [2.05, 4.69) is 5.32 Å². The molecule has 3 rings (SSSR count). The van der Waals surface area contributed by atoms with Crippen molar-refractivity contribution in [2.45, 2.75) is 32.4 Å². The van der Waals surface area contributed by atoms with Gasteiger partial charge in [0.2, 0.25) is 5.91 Å². The summed E-state index contributed by atoms with van der Waals surface area (Å²) in [6.45, 7) is 2.80. The Kier molecular flexibility index (Phi) is 5.12. The minimum Gasteiger partial charge on any atom is -0.347 e. The third-order valence-electron chi connectivity index (χ3n) is 4.46. The molecule has 0 spiro atoms. The quantitative estimate of drug-likeness (QED) is 0.910. The average Bonchev–Trinajstić information content (AvgIpc) is 2.94. The summed E-state index contributed by atoms with van der Waals surface area (Å²) in [6, 6.07) is 13.5. The first kappa shape index (κ1) is 17.1. The van der Waals surface area contributed by atoms with Crippen molar-refractivity contribution in [3.05, 3.63) is 71.0 Å². The Bertz CT molecular complexity index is 791. The van der Waals surface area contributed by atoms with Crippen molar-refractivity contribution >= 4 is 11.8 Å². The summed E-state index contributed by atoms with van der Waals surface area (Å²) in [5.74, 6) is -0.494. The van der Waals surface area contributed by atoms with Crippen LogP contribution in [0.1, 0.15) is 34.8 Å². The maximum Gasteiger partial charge on any atom is 0.251 e. The Morgan fingerprint density at radius 2 is 2.04 bits per heavy atom. The second kappa shape index (κ2) is 7.47. The molecular weight excluding hydrogens is 319 g/mol. The van der Waals surface area contributed by atoms with Gasteiger partial charge in [-0.3, -0.25) is 9.59 Å². The lowest BCUT2D eigenvalue weighted by molar-refractivity contribution is -0.128. The number of benzene rings is 2. The lowest BCUT2D eigenvalue weighted by atomic mass is 10.0. The van der Waals surface area contributed by atoms with E-state index in [0.717, 1.165) is 17.5 Å². The smallest absolute Gasteiger partial charge is 0.251 e. The van der Waals surface area contributed by atoms with Crippen molar-refractivity contribution in [2.24, 2.45) is 0 Å². The van der Waals surface area contributed by atoms with Crippen LogP contribution in [0.4, 0.5) is 4.39 Å². The standard InChI is InChI=1S/C20H21FN2O2/c1-2-15-7-3-4-9-18(15)20(25)22-17-11-19(24)23(13-17)12-14-6-5-8-16(21)10-14/h3-10,17H,2,11-13H2,1H3,(H,22,25). The van der Waals surface area contributed by atoms with Crippen LogP contribution in [-0.2, 0) is 17.8 Å². The molecule has 130 valence electrons. The zero-order valence-electron chi connectivity index (χ0n) is 14.2. The Morgan fingerprint density at radius 3 is 2.80 bits per heavy atom. The topological polar surface area (TPSA) is 49.4 Å². The molecule has 0 radical (unpaired) electrons. The number of nitrogens with one attached hydrogen (secondary N) is 1. The Hall–Kier alpha value is -2.69. The Labute approximate surface area is 146 Å². The van der Waals surface area contributed by atoms with Crippen molar-refractivity contribution in [1.82, 2.24) is 10.2 Å². The number of aryl methyl sites for hydroxylation is 1. The van der Waals surface area contributed by atoms with Crippen LogP contribution in [0.5, 0.6) is 0 Å². The second-order valence-electron chi connectivity index (χ2n) is 6.29. The number of nitrogens with zero attached hydrogens (tertiary/aromatic N) is 1. The fourth-order valence-corrected chi connectivity index (χ4v) is 3.19. The highest BCUT2D eigenvalue weighted by Gasteiger charge is 2.31. The zero-order chi connectivity index (χ0) is 17.8. The second-order valence-corrected chi connectivity index (χ2v) is 6.29. The summed E-state index contributed by atoms with van der Waals surface area (Å²) < 4.78 is 13.3. The van der Waals surface area contributed by atoms with Gasteiger partial charge in [-0.05, 0) is 35.7 Å². The van der Waals surface area contributed by atoms with Crippen molar-refractivity contribution in [2.75, 3.05) is 6.54 Å². The molecule has 1 aliphatic heterocycles. The number of hydrogen-bond acceptors (Lipinski definition) is 2. The Balaban J connectivity index is 1.63. The third kappa shape index (κ3) is 4.05. The molecular formula is C20H21FN2O2. The number of rotatable bonds is 5. The maximum atomic E-state index is 13.3. The van der Waals surface area contributed by atoms with Crippen molar-refractivity contribution in [3.8, 4) is 0 Å². The fourth-order valence-electron chi connectivity index (χ4n) is 3.19. The molecule has 1 fully saturated rings. The van der Waals surface area contributed by atoms with Crippen LogP contribution in [0.3, 0.4) is 0 Å². The van der Waals surface area contributed by atoms with Gasteiger partial charge in [0, 0.05) is 25.1 Å². The molecule has 0 saturated carbocycles. The van der Waals surface area contributed by atoms with Crippen LogP contribution in [0.2, 0.25) is 0 Å². The Morgan fingerprint density at radius 1 is 1.24 bits per heavy atom. The largest absolute Gasteiger partial charge is 0.347 e. The van der Waals surface area contributed by atoms with E-state index in [1.807, 2.05) is 25.1 Å². The first-order valence-electron chi connectivity index (χ1n) is 8.47. The van der Waals surface area contributed by atoms with Crippen LogP contribution < -0.4 is 5.32 Å². The van der Waals surface area contributed by atoms with Gasteiger partial charge in [-0.15, -0.1) is 0 Å². The minimum absolute atomic E-state index is 0.0293. The van der Waals surface area contributed by atoms with Crippen molar-refractivity contribution in [1.29, 1.82) is 0 Å². The molecule has 0 aromatic heterocycles. The predicted octanol–water partition coefficient (Wildman–Crippen LogP) is 2.92. The molecule has 1 aliphatic rings. The number of likely N-dealkylation sites (tertiary alicyclic amines) is 1. The van der Waals surface area contributed by atoms with Crippen LogP contribution in [0, 0.1) is 5.82 Å². The van der Waals surface area contributed by atoms with E-state index in [0.29, 0.717) is 18.7 Å². The summed E-state index contributed by atoms with van der Waals surface area (Å²) in [5.41, 5.74) is 2.39. The molecule has 1 heterocycles. The first-order chi connectivity index (χ1) is 12.1. The lowest BCUT2D eigenvalue weighted by Crippen LogP contribution is -2.37. The van der Waals surface area contributed by atoms with Crippen LogP contribution >= 0.6 is 0 Å². The van der Waals surface area contributed by atoms with Gasteiger partial charge in [0.25, 0.3) is 5.91 Å². The van der Waals surface area contributed by atoms with Crippen LogP contribution in [0.15, 0.2) is 48.5 Å². The zero-order valence-corrected chi connectivity index (χ0v) is 14.2. The van der Waals surface area contributed by atoms with Crippen molar-refractivity contribution < 1.29 is 14.0 Å². The van der Waals surface area contributed by atoms with Gasteiger partial charge in [0.15, 0.2) is 0 Å². The van der Waals surface area contributed by atoms with Gasteiger partial charge in [0.05, 0.1) is 6.04 Å². The van der Waals surface area contributed by atoms with Crippen molar-refractivity contribution in [3.63, 3.8) is 0 Å². The summed E-state index contributed by atoms with van der Waals surface area (Å²) in [4.78, 5) is 26.4. The molecule has 0 bridgehead atoms. The van der Waals surface area contributed by atoms with Gasteiger partial charge < -0.3 is 10.2 Å². The monoisotopic (exact) mass is 340 g/mol. The van der Waals surface area contributed by atoms with Crippen LogP contribution in [-0.4, -0.2) is 29.3 Å². The minimum atomic E-state index is -0.315. The van der Waals surface area contributed by atoms with E-state index in [1.165, 1.54) is 12.1 Å². The normalized spacial score (nSPS) is 17.0. The molecule has 4 nitrogen and oxygen atoms in total. The van der Waals surface area contributed by atoms with E-state index in [-0.39, 0.29) is 30.1 Å². The maximum absolute atomic E-state index is 13.3. The van der Waals surface area contributed by atoms with E-state index in [9.17, 15) is 14.0 Å². The molecule has 25 heavy (non-hydrogen) atoms. The summed E-state index contributed by atoms with van der Waals surface area (Å²) in [7, 11) is 0. The molecule has 1 unspecified atom stereocenters. The molecule has 2 aromatic rings. The highest BCUT2D eigenvalue weighted by Crippen LogP contribution is 2.17. The van der Waals surface area contributed by atoms with Crippen LogP contribution in [0.25, 0.3) is 0 Å². The highest BCUT2D eigenvalue weighted by atomic mass is 19.1. The predicted molar refractivity (Wildman–Crippen MR) is 93.5 cm³/mol. The molecule has 1 atom stereocenters. The van der Waals surface area contributed by atoms with E-state index in [1.54, 1.807) is 23.1 Å². The fraction of sp³-hybridized carbons (Fsp3) is 0.300. The van der Waals surface area contributed by atoms with Gasteiger partial charge in [-0.1, -0.05) is 37.3 Å². The summed E-state index contributed by atoms with van der Waals surface area (Å²) >= 11 is 0.